The molecule has 0 saturated heterocycles. The topological polar surface area (TPSA) is 135 Å². The van der Waals surface area contributed by atoms with E-state index in [-0.39, 0.29) is 11.6 Å². The summed E-state index contributed by atoms with van der Waals surface area (Å²) >= 11 is 2.88. The van der Waals surface area contributed by atoms with Gasteiger partial charge in [-0.15, -0.1) is 0 Å². The fourth-order valence-electron chi connectivity index (χ4n) is 4.73. The number of aromatic nitrogens is 3. The Morgan fingerprint density at radius 3 is 2.66 bits per heavy atom. The van der Waals surface area contributed by atoms with Gasteiger partial charge in [0.15, 0.2) is 10.8 Å². The lowest BCUT2D eigenvalue weighted by molar-refractivity contribution is 0.0846. The molecule has 6 aromatic rings. The smallest absolute Gasteiger partial charge is 0.270 e. The molecule has 4 aromatic heterocycles. The van der Waals surface area contributed by atoms with Crippen LogP contribution >= 0.6 is 22.7 Å². The van der Waals surface area contributed by atoms with Gasteiger partial charge in [-0.25, -0.2) is 9.97 Å². The molecule has 11 heteroatoms. The van der Waals surface area contributed by atoms with Crippen molar-refractivity contribution in [3.63, 3.8) is 0 Å². The molecule has 4 heterocycles. The summed E-state index contributed by atoms with van der Waals surface area (Å²) in [5.74, 6) is -0.725. The van der Waals surface area contributed by atoms with E-state index in [1.165, 1.54) is 22.7 Å². The molecule has 0 aliphatic carbocycles. The second kappa shape index (κ2) is 11.1. The number of amides is 2. The number of pyridine rings is 1. The molecule has 0 aliphatic rings. The highest BCUT2D eigenvalue weighted by atomic mass is 32.1. The van der Waals surface area contributed by atoms with E-state index in [1.807, 2.05) is 65.4 Å². The lowest BCUT2D eigenvalue weighted by Crippen LogP contribution is -2.37. The highest BCUT2D eigenvalue weighted by Crippen LogP contribution is 2.29. The van der Waals surface area contributed by atoms with Crippen LogP contribution in [0.1, 0.15) is 45.0 Å². The lowest BCUT2D eigenvalue weighted by Gasteiger charge is -2.20. The Hall–Kier alpha value is -4.58. The van der Waals surface area contributed by atoms with Gasteiger partial charge >= 0.3 is 0 Å². The minimum absolute atomic E-state index is 0.286. The predicted octanol–water partition coefficient (Wildman–Crippen LogP) is 5.04. The largest absolute Gasteiger partial charge is 0.386 e. The van der Waals surface area contributed by atoms with Crippen LogP contribution in [0.4, 0.5) is 5.13 Å². The van der Waals surface area contributed by atoms with Crippen LogP contribution in [0, 0.1) is 0 Å². The maximum absolute atomic E-state index is 13.7. The van der Waals surface area contributed by atoms with Gasteiger partial charge in [0, 0.05) is 23.7 Å². The first-order chi connectivity index (χ1) is 19.9. The first-order valence-electron chi connectivity index (χ1n) is 12.9. The molecule has 0 bridgehead atoms. The molecule has 41 heavy (non-hydrogen) atoms. The molecule has 6 rings (SSSR count). The highest BCUT2D eigenvalue weighted by molar-refractivity contribution is 7.22. The van der Waals surface area contributed by atoms with Gasteiger partial charge in [0.25, 0.3) is 11.8 Å². The number of aliphatic hydroxyl groups is 1. The van der Waals surface area contributed by atoms with Crippen molar-refractivity contribution in [1.29, 1.82) is 0 Å². The van der Waals surface area contributed by atoms with Gasteiger partial charge in [-0.05, 0) is 53.8 Å². The SMILES string of the molecule is C[C@@H](NC(=O)c1c(-c2ccsc2)nc2c(C(=O)NCc3ccc4nc(N)sc4c3)cccn12)[C@@H](O)c1ccccc1. The maximum atomic E-state index is 13.7. The summed E-state index contributed by atoms with van der Waals surface area (Å²) in [5.41, 5.74) is 10.5. The van der Waals surface area contributed by atoms with E-state index in [2.05, 4.69) is 15.6 Å². The number of carbonyl (C=O) groups is 2. The van der Waals surface area contributed by atoms with Gasteiger partial charge in [0.05, 0.1) is 27.9 Å². The van der Waals surface area contributed by atoms with E-state index < -0.39 is 18.1 Å². The number of thiazole rings is 1. The number of carbonyl (C=O) groups excluding carboxylic acids is 2. The fourth-order valence-corrected chi connectivity index (χ4v) is 6.17. The number of fused-ring (bicyclic) bond motifs is 2. The number of aliphatic hydroxyl groups excluding tert-OH is 1. The van der Waals surface area contributed by atoms with Crippen LogP contribution in [-0.4, -0.2) is 37.3 Å². The van der Waals surface area contributed by atoms with Crippen LogP contribution in [0.25, 0.3) is 27.1 Å². The monoisotopic (exact) mass is 582 g/mol. The first-order valence-corrected chi connectivity index (χ1v) is 14.7. The Balaban J connectivity index is 1.30. The number of imidazole rings is 1. The number of nitrogens with zero attached hydrogens (tertiary/aromatic N) is 3. The van der Waals surface area contributed by atoms with E-state index in [1.54, 1.807) is 29.7 Å². The Kier molecular flexibility index (Phi) is 7.23. The predicted molar refractivity (Wildman–Crippen MR) is 162 cm³/mol. The molecule has 2 atom stereocenters. The highest BCUT2D eigenvalue weighted by Gasteiger charge is 2.27. The third kappa shape index (κ3) is 5.30. The summed E-state index contributed by atoms with van der Waals surface area (Å²) in [4.78, 5) is 36.1. The van der Waals surface area contributed by atoms with Crippen molar-refractivity contribution in [2.45, 2.75) is 25.6 Å². The van der Waals surface area contributed by atoms with Crippen molar-refractivity contribution in [1.82, 2.24) is 25.0 Å². The van der Waals surface area contributed by atoms with Gasteiger partial charge < -0.3 is 21.5 Å². The summed E-state index contributed by atoms with van der Waals surface area (Å²) in [6.07, 6.45) is 0.815. The van der Waals surface area contributed by atoms with Crippen LogP contribution < -0.4 is 16.4 Å². The lowest BCUT2D eigenvalue weighted by atomic mass is 10.0. The van der Waals surface area contributed by atoms with Crippen molar-refractivity contribution in [3.8, 4) is 11.3 Å². The van der Waals surface area contributed by atoms with E-state index in [0.717, 1.165) is 21.3 Å². The second-order valence-electron chi connectivity index (χ2n) is 9.59. The zero-order chi connectivity index (χ0) is 28.5. The third-order valence-electron chi connectivity index (χ3n) is 6.80. The second-order valence-corrected chi connectivity index (χ2v) is 11.4. The van der Waals surface area contributed by atoms with Gasteiger partial charge in [0.1, 0.15) is 11.4 Å². The Bertz CT molecular complexity index is 1860. The summed E-state index contributed by atoms with van der Waals surface area (Å²) in [6, 6.07) is 19.6. The van der Waals surface area contributed by atoms with Crippen LogP contribution in [0.2, 0.25) is 0 Å². The zero-order valence-electron chi connectivity index (χ0n) is 21.9. The number of thiophene rings is 1. The van der Waals surface area contributed by atoms with Crippen LogP contribution in [0.15, 0.2) is 83.7 Å². The van der Waals surface area contributed by atoms with Crippen molar-refractivity contribution < 1.29 is 14.7 Å². The van der Waals surface area contributed by atoms with Gasteiger partial charge in [0.2, 0.25) is 0 Å². The van der Waals surface area contributed by atoms with Crippen molar-refractivity contribution in [3.05, 3.63) is 106 Å². The van der Waals surface area contributed by atoms with Gasteiger partial charge in [-0.1, -0.05) is 47.7 Å². The van der Waals surface area contributed by atoms with E-state index in [4.69, 9.17) is 10.7 Å². The number of nitrogen functional groups attached to an aromatic ring is 1. The zero-order valence-corrected chi connectivity index (χ0v) is 23.6. The molecule has 0 aliphatic heterocycles. The molecular formula is C30H26N6O3S2. The molecule has 0 unspecified atom stereocenters. The normalized spacial score (nSPS) is 12.8. The minimum atomic E-state index is -0.897. The number of hydrogen-bond acceptors (Lipinski definition) is 8. The standard InChI is InChI=1S/C30H26N6O3S2/c1-17(26(37)19-6-3-2-4-7-19)33-29(39)25-24(20-11-13-40-16-20)35-27-21(8-5-12-36(25)27)28(38)32-15-18-9-10-22-23(14-18)41-30(31)34-22/h2-14,16-17,26,37H,15H2,1H3,(H2,31,34)(H,32,38)(H,33,39)/t17-,26-/m1/s1. The summed E-state index contributed by atoms with van der Waals surface area (Å²) in [5, 5.41) is 21.0. The number of benzene rings is 2. The molecule has 5 N–H and O–H groups in total. The Morgan fingerprint density at radius 1 is 1.05 bits per heavy atom. The van der Waals surface area contributed by atoms with E-state index in [9.17, 15) is 14.7 Å². The fraction of sp³-hybridized carbons (Fsp3) is 0.133. The molecule has 206 valence electrons. The average molecular weight is 583 g/mol. The van der Waals surface area contributed by atoms with Crippen LogP contribution in [0.3, 0.4) is 0 Å². The summed E-state index contributed by atoms with van der Waals surface area (Å²) < 4.78 is 2.58. The number of nitrogens with two attached hydrogens (primary N) is 1. The number of hydrogen-bond donors (Lipinski definition) is 4. The third-order valence-corrected chi connectivity index (χ3v) is 8.33. The quantitative estimate of drug-likeness (QED) is 0.199. The Labute approximate surface area is 243 Å². The van der Waals surface area contributed by atoms with Crippen LogP contribution in [0.5, 0.6) is 0 Å². The van der Waals surface area contributed by atoms with Gasteiger partial charge in [-0.2, -0.15) is 11.3 Å². The molecule has 2 amide bonds. The van der Waals surface area contributed by atoms with E-state index >= 15 is 0 Å². The molecule has 0 saturated carbocycles. The van der Waals surface area contributed by atoms with E-state index in [0.29, 0.717) is 34.1 Å². The summed E-state index contributed by atoms with van der Waals surface area (Å²) in [7, 11) is 0. The number of nitrogens with one attached hydrogen (secondary N) is 2. The molecule has 2 aromatic carbocycles. The van der Waals surface area contributed by atoms with Crippen LogP contribution in [-0.2, 0) is 6.54 Å². The summed E-state index contributed by atoms with van der Waals surface area (Å²) in [6.45, 7) is 2.05. The van der Waals surface area contributed by atoms with Crippen molar-refractivity contribution in [2.75, 3.05) is 5.73 Å². The molecular weight excluding hydrogens is 557 g/mol. The minimum Gasteiger partial charge on any atom is -0.386 e. The maximum Gasteiger partial charge on any atom is 0.270 e. The molecule has 0 radical (unpaired) electrons. The number of rotatable bonds is 8. The molecule has 0 spiro atoms. The Morgan fingerprint density at radius 2 is 1.88 bits per heavy atom. The van der Waals surface area contributed by atoms with Crippen molar-refractivity contribution >= 4 is 55.5 Å². The first kappa shape index (κ1) is 26.6. The van der Waals surface area contributed by atoms with Gasteiger partial charge in [-0.3, -0.25) is 14.0 Å². The molecule has 0 fully saturated rings. The molecule has 9 nitrogen and oxygen atoms in total. The number of anilines is 1. The van der Waals surface area contributed by atoms with Crippen molar-refractivity contribution in [2.24, 2.45) is 0 Å². The average Bonchev–Trinajstić information content (AvgIpc) is 3.73.